The lowest BCUT2D eigenvalue weighted by atomic mass is 9.76. The van der Waals surface area contributed by atoms with Crippen LogP contribution in [-0.4, -0.2) is 26.4 Å². The molecule has 1 aromatic carbocycles. The molecule has 0 spiro atoms. The van der Waals surface area contributed by atoms with Gasteiger partial charge in [-0.2, -0.15) is 0 Å². The van der Waals surface area contributed by atoms with Gasteiger partial charge >= 0.3 is 7.12 Å². The van der Waals surface area contributed by atoms with Crippen LogP contribution in [0.25, 0.3) is 0 Å². The zero-order valence-electron chi connectivity index (χ0n) is 14.1. The van der Waals surface area contributed by atoms with Crippen LogP contribution in [0.2, 0.25) is 19.6 Å². The van der Waals surface area contributed by atoms with Gasteiger partial charge in [0.05, 0.1) is 19.3 Å². The Morgan fingerprint density at radius 3 is 1.90 bits per heavy atom. The lowest BCUT2D eigenvalue weighted by Crippen LogP contribution is -2.44. The second kappa shape index (κ2) is 4.72. The smallest absolute Gasteiger partial charge is 0.399 e. The molecular formula is C16H27BO2Si. The van der Waals surface area contributed by atoms with Gasteiger partial charge in [0, 0.05) is 0 Å². The van der Waals surface area contributed by atoms with E-state index < -0.39 is 8.07 Å². The molecule has 0 saturated carbocycles. The van der Waals surface area contributed by atoms with Crippen molar-refractivity contribution in [2.45, 2.75) is 65.5 Å². The van der Waals surface area contributed by atoms with Crippen LogP contribution < -0.4 is 10.6 Å². The summed E-state index contributed by atoms with van der Waals surface area (Å²) in [6, 6.07) is 6.76. The first kappa shape index (κ1) is 15.8. The highest BCUT2D eigenvalue weighted by Crippen LogP contribution is 2.36. The van der Waals surface area contributed by atoms with Gasteiger partial charge in [0.2, 0.25) is 0 Å². The zero-order valence-corrected chi connectivity index (χ0v) is 15.1. The normalized spacial score (nSPS) is 21.3. The highest BCUT2D eigenvalue weighted by atomic mass is 28.3. The molecule has 0 bridgehead atoms. The molecule has 0 aliphatic carbocycles. The first-order chi connectivity index (χ1) is 8.94. The summed E-state index contributed by atoms with van der Waals surface area (Å²) in [7, 11) is -1.57. The monoisotopic (exact) mass is 290 g/mol. The van der Waals surface area contributed by atoms with Crippen molar-refractivity contribution in [3.63, 3.8) is 0 Å². The molecule has 0 amide bonds. The topological polar surface area (TPSA) is 18.5 Å². The molecule has 2 rings (SSSR count). The lowest BCUT2D eigenvalue weighted by molar-refractivity contribution is 0.00578. The molecule has 0 unspecified atom stereocenters. The second-order valence-corrected chi connectivity index (χ2v) is 13.0. The molecule has 1 aromatic rings. The molecule has 110 valence electrons. The lowest BCUT2D eigenvalue weighted by Gasteiger charge is -2.32. The highest BCUT2D eigenvalue weighted by Gasteiger charge is 2.52. The van der Waals surface area contributed by atoms with Gasteiger partial charge in [0.25, 0.3) is 0 Å². The van der Waals surface area contributed by atoms with Crippen LogP contribution in [0.1, 0.15) is 33.3 Å². The van der Waals surface area contributed by atoms with Gasteiger partial charge in [-0.15, -0.1) is 0 Å². The standard InChI is InChI=1S/C16H27BO2Si/c1-12-9-10-13(20(6,7)8)11-14(12)17-18-15(2,3)16(4,5)19-17/h9-11H,1-8H3. The zero-order chi connectivity index (χ0) is 15.3. The third-order valence-corrected chi connectivity index (χ3v) is 6.70. The van der Waals surface area contributed by atoms with Gasteiger partial charge in [-0.1, -0.05) is 48.6 Å². The van der Waals surface area contributed by atoms with E-state index in [1.165, 1.54) is 16.2 Å². The average Bonchev–Trinajstić information content (AvgIpc) is 2.46. The van der Waals surface area contributed by atoms with E-state index in [1.54, 1.807) is 0 Å². The van der Waals surface area contributed by atoms with Crippen LogP contribution in [-0.2, 0) is 9.31 Å². The Balaban J connectivity index is 2.40. The number of hydrogen-bond acceptors (Lipinski definition) is 2. The largest absolute Gasteiger partial charge is 0.495 e. The average molecular weight is 290 g/mol. The van der Waals surface area contributed by atoms with E-state index >= 15 is 0 Å². The fourth-order valence-electron chi connectivity index (χ4n) is 2.33. The fourth-order valence-corrected chi connectivity index (χ4v) is 3.50. The molecule has 0 atom stereocenters. The van der Waals surface area contributed by atoms with Crippen molar-refractivity contribution in [3.8, 4) is 0 Å². The van der Waals surface area contributed by atoms with Crippen molar-refractivity contribution in [1.82, 2.24) is 0 Å². The first-order valence-electron chi connectivity index (χ1n) is 7.41. The van der Waals surface area contributed by atoms with Crippen molar-refractivity contribution in [3.05, 3.63) is 23.8 Å². The maximum atomic E-state index is 6.19. The minimum atomic E-state index is -1.32. The van der Waals surface area contributed by atoms with Gasteiger partial charge in [0.15, 0.2) is 0 Å². The van der Waals surface area contributed by atoms with Crippen molar-refractivity contribution < 1.29 is 9.31 Å². The van der Waals surface area contributed by atoms with Gasteiger partial charge in [-0.05, 0) is 40.1 Å². The number of benzene rings is 1. The summed E-state index contributed by atoms with van der Waals surface area (Å²) >= 11 is 0. The van der Waals surface area contributed by atoms with Crippen LogP contribution in [0, 0.1) is 6.92 Å². The summed E-state index contributed by atoms with van der Waals surface area (Å²) in [6.45, 7) is 17.6. The van der Waals surface area contributed by atoms with E-state index in [0.29, 0.717) is 0 Å². The van der Waals surface area contributed by atoms with Crippen LogP contribution in [0.3, 0.4) is 0 Å². The summed E-state index contributed by atoms with van der Waals surface area (Å²) in [5.74, 6) is 0. The van der Waals surface area contributed by atoms with Gasteiger partial charge in [0.1, 0.15) is 0 Å². The Bertz CT molecular complexity index is 502. The maximum absolute atomic E-state index is 6.19. The maximum Gasteiger partial charge on any atom is 0.495 e. The Hall–Kier alpha value is -0.578. The molecule has 0 radical (unpaired) electrons. The molecule has 0 N–H and O–H groups in total. The van der Waals surface area contributed by atoms with E-state index in [-0.39, 0.29) is 18.3 Å². The van der Waals surface area contributed by atoms with E-state index in [1.807, 2.05) is 0 Å². The van der Waals surface area contributed by atoms with Gasteiger partial charge in [-0.3, -0.25) is 0 Å². The van der Waals surface area contributed by atoms with E-state index in [4.69, 9.17) is 9.31 Å². The summed E-state index contributed by atoms with van der Waals surface area (Å²) in [6.07, 6.45) is 0. The van der Waals surface area contributed by atoms with Crippen LogP contribution >= 0.6 is 0 Å². The summed E-state index contributed by atoms with van der Waals surface area (Å²) in [4.78, 5) is 0. The summed E-state index contributed by atoms with van der Waals surface area (Å²) in [5.41, 5.74) is 1.87. The number of aryl methyl sites for hydroxylation is 1. The molecule has 0 aromatic heterocycles. The molecular weight excluding hydrogens is 263 g/mol. The van der Waals surface area contributed by atoms with Crippen molar-refractivity contribution in [2.75, 3.05) is 0 Å². The summed E-state index contributed by atoms with van der Waals surface area (Å²) in [5, 5.41) is 1.45. The SMILES string of the molecule is Cc1ccc([Si](C)(C)C)cc1B1OC(C)(C)C(C)(C)O1. The fraction of sp³-hybridized carbons (Fsp3) is 0.625. The third-order valence-electron chi connectivity index (χ3n) is 4.65. The molecule has 1 aliphatic heterocycles. The Morgan fingerprint density at radius 2 is 1.45 bits per heavy atom. The quantitative estimate of drug-likeness (QED) is 0.780. The molecule has 1 fully saturated rings. The number of hydrogen-bond donors (Lipinski definition) is 0. The van der Waals surface area contributed by atoms with Crippen molar-refractivity contribution >= 4 is 25.8 Å². The molecule has 2 nitrogen and oxygen atoms in total. The third kappa shape index (κ3) is 2.74. The van der Waals surface area contributed by atoms with Crippen LogP contribution in [0.4, 0.5) is 0 Å². The second-order valence-electron chi connectivity index (χ2n) is 7.91. The predicted molar refractivity (Wildman–Crippen MR) is 89.9 cm³/mol. The number of rotatable bonds is 2. The van der Waals surface area contributed by atoms with E-state index in [0.717, 1.165) is 0 Å². The van der Waals surface area contributed by atoms with Crippen molar-refractivity contribution in [1.29, 1.82) is 0 Å². The molecule has 20 heavy (non-hydrogen) atoms. The van der Waals surface area contributed by atoms with Gasteiger partial charge in [-0.25, -0.2) is 0 Å². The molecule has 1 heterocycles. The molecule has 4 heteroatoms. The van der Waals surface area contributed by atoms with E-state index in [2.05, 4.69) is 72.5 Å². The minimum absolute atomic E-state index is 0.253. The van der Waals surface area contributed by atoms with Crippen molar-refractivity contribution in [2.24, 2.45) is 0 Å². The van der Waals surface area contributed by atoms with Crippen LogP contribution in [0.5, 0.6) is 0 Å². The Labute approximate surface area is 125 Å². The van der Waals surface area contributed by atoms with Crippen LogP contribution in [0.15, 0.2) is 18.2 Å². The highest BCUT2D eigenvalue weighted by molar-refractivity contribution is 6.89. The Morgan fingerprint density at radius 1 is 0.950 bits per heavy atom. The minimum Gasteiger partial charge on any atom is -0.399 e. The molecule has 1 saturated heterocycles. The van der Waals surface area contributed by atoms with Gasteiger partial charge < -0.3 is 9.31 Å². The Kier molecular flexibility index (Phi) is 3.73. The first-order valence-corrected chi connectivity index (χ1v) is 10.9. The summed E-state index contributed by atoms with van der Waals surface area (Å²) < 4.78 is 12.4. The van der Waals surface area contributed by atoms with E-state index in [9.17, 15) is 0 Å². The predicted octanol–water partition coefficient (Wildman–Crippen LogP) is 2.84. The molecule has 1 aliphatic rings.